The molecule has 1 saturated heterocycles. The Morgan fingerprint density at radius 3 is 2.00 bits per heavy atom. The van der Waals surface area contributed by atoms with Gasteiger partial charge in [-0.05, 0) is 52.1 Å². The third-order valence-electron chi connectivity index (χ3n) is 9.36. The summed E-state index contributed by atoms with van der Waals surface area (Å²) in [5.41, 5.74) is 6.35. The van der Waals surface area contributed by atoms with Crippen molar-refractivity contribution in [1.82, 2.24) is 4.90 Å². The number of aliphatic hydroxyl groups is 1. The Kier molecular flexibility index (Phi) is 9.65. The van der Waals surface area contributed by atoms with Crippen LogP contribution in [0.1, 0.15) is 72.6 Å². The van der Waals surface area contributed by atoms with E-state index in [0.29, 0.717) is 21.8 Å². The second-order valence-corrected chi connectivity index (χ2v) is 13.5. The molecule has 1 fully saturated rings. The van der Waals surface area contributed by atoms with E-state index < -0.39 is 12.3 Å². The molecule has 5 aromatic carbocycles. The quantitative estimate of drug-likeness (QED) is 0.113. The second kappa shape index (κ2) is 14.4. The molecule has 0 aliphatic carbocycles. The Bertz CT molecular complexity index is 2010. The number of ether oxygens (including phenoxy) is 2. The van der Waals surface area contributed by atoms with Crippen molar-refractivity contribution in [1.29, 1.82) is 0 Å². The van der Waals surface area contributed by atoms with Gasteiger partial charge in [-0.3, -0.25) is 14.5 Å². The minimum atomic E-state index is -0.973. The van der Waals surface area contributed by atoms with Gasteiger partial charge < -0.3 is 19.7 Å². The normalized spacial score (nSPS) is 20.2. The maximum Gasteiger partial charge on any atom is 0.336 e. The number of hydrogen-bond acceptors (Lipinski definition) is 7. The molecule has 4 atom stereocenters. The van der Waals surface area contributed by atoms with Crippen LogP contribution < -0.4 is 0 Å². The molecule has 2 heterocycles. The number of aliphatic hydroxyl groups excluding tert-OH is 1. The molecule has 9 heteroatoms. The number of nitrogens with zero attached hydrogens (tertiary/aromatic N) is 1. The van der Waals surface area contributed by atoms with Crippen molar-refractivity contribution in [2.75, 3.05) is 5.75 Å². The molecule has 0 aromatic heterocycles. The zero-order valence-corrected chi connectivity index (χ0v) is 28.1. The highest BCUT2D eigenvalue weighted by atomic mass is 32.2. The van der Waals surface area contributed by atoms with E-state index in [4.69, 9.17) is 9.47 Å². The van der Waals surface area contributed by atoms with Gasteiger partial charge >= 0.3 is 5.97 Å². The van der Waals surface area contributed by atoms with Crippen LogP contribution in [0.3, 0.4) is 0 Å². The number of carbonyl (C=O) groups excluding carboxylic acids is 2. The minimum Gasteiger partial charge on any atom is -0.478 e. The summed E-state index contributed by atoms with van der Waals surface area (Å²) in [6.45, 7) is 2.17. The van der Waals surface area contributed by atoms with Crippen molar-refractivity contribution in [3.63, 3.8) is 0 Å². The number of benzene rings is 5. The highest BCUT2D eigenvalue weighted by molar-refractivity contribution is 7.99. The minimum absolute atomic E-state index is 0.0525. The summed E-state index contributed by atoms with van der Waals surface area (Å²) in [5, 5.41) is 19.3. The molecular weight excluding hydrogens is 651 g/mol. The Morgan fingerprint density at radius 2 is 1.34 bits per heavy atom. The van der Waals surface area contributed by atoms with Crippen LogP contribution in [0.2, 0.25) is 0 Å². The maximum atomic E-state index is 13.1. The Morgan fingerprint density at radius 1 is 0.740 bits per heavy atom. The lowest BCUT2D eigenvalue weighted by Crippen LogP contribution is -2.38. The smallest absolute Gasteiger partial charge is 0.336 e. The molecule has 5 aromatic rings. The van der Waals surface area contributed by atoms with Gasteiger partial charge in [-0.25, -0.2) is 4.79 Å². The molecule has 0 unspecified atom stereocenters. The molecule has 0 bridgehead atoms. The van der Waals surface area contributed by atoms with Crippen LogP contribution in [0, 0.1) is 5.92 Å². The van der Waals surface area contributed by atoms with Crippen LogP contribution in [-0.2, 0) is 22.6 Å². The molecule has 2 N–H and O–H groups in total. The summed E-state index contributed by atoms with van der Waals surface area (Å²) in [4.78, 5) is 40.0. The van der Waals surface area contributed by atoms with Crippen LogP contribution in [-0.4, -0.2) is 44.8 Å². The van der Waals surface area contributed by atoms with Crippen molar-refractivity contribution in [3.05, 3.63) is 160 Å². The molecule has 2 aliphatic rings. The molecule has 0 spiro atoms. The number of hydrogen-bond donors (Lipinski definition) is 2. The van der Waals surface area contributed by atoms with E-state index in [1.165, 1.54) is 16.7 Å². The zero-order valence-electron chi connectivity index (χ0n) is 27.3. The first-order valence-electron chi connectivity index (χ1n) is 16.4. The number of rotatable bonds is 10. The molecule has 2 aliphatic heterocycles. The summed E-state index contributed by atoms with van der Waals surface area (Å²) in [7, 11) is 0. The van der Waals surface area contributed by atoms with E-state index in [1.54, 1.807) is 36.4 Å². The van der Waals surface area contributed by atoms with E-state index in [2.05, 4.69) is 6.92 Å². The third kappa shape index (κ3) is 6.60. The molecule has 2 amide bonds. The standard InChI is InChI=1S/C41H35NO7S/c1-25-35(24-50-36-13-7-6-12-34(36)40(46)47)48-41(49-37(25)28-16-14-26(23-43)15-17-28)29-20-18-27(19-21-29)31-9-3-2-8-30(31)22-42-38(44)32-10-4-5-11-33(32)39(42)45/h2-21,25,35,37,41,43H,22-24H2,1H3,(H,46,47)/t25-,35+,37+,41+/m0/s1. The average Bonchev–Trinajstić information content (AvgIpc) is 3.39. The molecule has 0 saturated carbocycles. The van der Waals surface area contributed by atoms with Crippen molar-refractivity contribution in [3.8, 4) is 11.1 Å². The topological polar surface area (TPSA) is 113 Å². The van der Waals surface area contributed by atoms with E-state index in [0.717, 1.165) is 33.4 Å². The van der Waals surface area contributed by atoms with Gasteiger partial charge in [-0.15, -0.1) is 11.8 Å². The first kappa shape index (κ1) is 33.4. The van der Waals surface area contributed by atoms with E-state index in [1.807, 2.05) is 84.9 Å². The first-order chi connectivity index (χ1) is 24.3. The molecule has 0 radical (unpaired) electrons. The summed E-state index contributed by atoms with van der Waals surface area (Å²) in [6, 6.07) is 37.2. The lowest BCUT2D eigenvalue weighted by Gasteiger charge is -2.41. The van der Waals surface area contributed by atoms with Gasteiger partial charge in [0.05, 0.1) is 42.0 Å². The van der Waals surface area contributed by atoms with Gasteiger partial charge in [0, 0.05) is 22.1 Å². The summed E-state index contributed by atoms with van der Waals surface area (Å²) >= 11 is 1.45. The van der Waals surface area contributed by atoms with Gasteiger partial charge in [0.15, 0.2) is 6.29 Å². The van der Waals surface area contributed by atoms with Crippen LogP contribution >= 0.6 is 11.8 Å². The number of imide groups is 1. The number of carbonyl (C=O) groups is 3. The Hall–Kier alpha value is -5.06. The summed E-state index contributed by atoms with van der Waals surface area (Å²) < 4.78 is 13.2. The molecule has 8 nitrogen and oxygen atoms in total. The number of thioether (sulfide) groups is 1. The monoisotopic (exact) mass is 685 g/mol. The van der Waals surface area contributed by atoms with Crippen LogP contribution in [0.15, 0.2) is 126 Å². The first-order valence-corrected chi connectivity index (χ1v) is 17.4. The Labute approximate surface area is 294 Å². The molecular formula is C41H35NO7S. The van der Waals surface area contributed by atoms with Crippen LogP contribution in [0.25, 0.3) is 11.1 Å². The van der Waals surface area contributed by atoms with Gasteiger partial charge in [0.1, 0.15) is 0 Å². The lowest BCUT2D eigenvalue weighted by molar-refractivity contribution is -0.268. The van der Waals surface area contributed by atoms with Crippen molar-refractivity contribution < 1.29 is 34.1 Å². The van der Waals surface area contributed by atoms with Crippen molar-refractivity contribution in [2.24, 2.45) is 5.92 Å². The van der Waals surface area contributed by atoms with Crippen molar-refractivity contribution in [2.45, 2.75) is 43.5 Å². The molecule has 50 heavy (non-hydrogen) atoms. The third-order valence-corrected chi connectivity index (χ3v) is 10.5. The van der Waals surface area contributed by atoms with E-state index in [-0.39, 0.29) is 48.7 Å². The van der Waals surface area contributed by atoms with Gasteiger partial charge in [0.2, 0.25) is 0 Å². The molecule has 7 rings (SSSR count). The predicted octanol–water partition coefficient (Wildman–Crippen LogP) is 7.92. The highest BCUT2D eigenvalue weighted by Gasteiger charge is 2.39. The zero-order chi connectivity index (χ0) is 34.8. The fourth-order valence-electron chi connectivity index (χ4n) is 6.56. The predicted molar refractivity (Wildman–Crippen MR) is 190 cm³/mol. The number of amides is 2. The van der Waals surface area contributed by atoms with Crippen LogP contribution in [0.5, 0.6) is 0 Å². The highest BCUT2D eigenvalue weighted by Crippen LogP contribution is 2.43. The fraction of sp³-hybridized carbons (Fsp3) is 0.195. The van der Waals surface area contributed by atoms with Gasteiger partial charge in [-0.1, -0.05) is 104 Å². The van der Waals surface area contributed by atoms with Crippen LogP contribution in [0.4, 0.5) is 0 Å². The van der Waals surface area contributed by atoms with E-state index in [9.17, 15) is 24.6 Å². The second-order valence-electron chi connectivity index (χ2n) is 12.5. The SMILES string of the molecule is C[C@H]1[C@@H](CSc2ccccc2C(=O)O)O[C@@H](c2ccc(-c3ccccc3CN3C(=O)c4ccccc4C3=O)cc2)O[C@H]1c1ccc(CO)cc1. The maximum absolute atomic E-state index is 13.1. The summed E-state index contributed by atoms with van der Waals surface area (Å²) in [5.74, 6) is -1.12. The number of carboxylic acids is 1. The van der Waals surface area contributed by atoms with Gasteiger partial charge in [0.25, 0.3) is 11.8 Å². The number of aromatic carboxylic acids is 1. The Balaban J connectivity index is 1.14. The fourth-order valence-corrected chi connectivity index (χ4v) is 7.78. The average molecular weight is 686 g/mol. The number of fused-ring (bicyclic) bond motifs is 1. The van der Waals surface area contributed by atoms with E-state index >= 15 is 0 Å². The van der Waals surface area contributed by atoms with Crippen molar-refractivity contribution >= 4 is 29.5 Å². The van der Waals surface area contributed by atoms with Gasteiger partial charge in [-0.2, -0.15) is 0 Å². The number of carboxylic acid groups (broad SMARTS) is 1. The molecule has 252 valence electrons. The largest absolute Gasteiger partial charge is 0.478 e. The lowest BCUT2D eigenvalue weighted by atomic mass is 9.91. The summed E-state index contributed by atoms with van der Waals surface area (Å²) in [6.07, 6.45) is -1.29.